The second-order valence-corrected chi connectivity index (χ2v) is 10.5. The van der Waals surface area contributed by atoms with Gasteiger partial charge in [-0.05, 0) is 50.1 Å². The summed E-state index contributed by atoms with van der Waals surface area (Å²) in [7, 11) is -4.12. The van der Waals surface area contributed by atoms with Crippen molar-refractivity contribution in [2.24, 2.45) is 5.92 Å². The number of amides is 1. The first-order valence-corrected chi connectivity index (χ1v) is 12.2. The predicted octanol–water partition coefficient (Wildman–Crippen LogP) is 5.88. The highest BCUT2D eigenvalue weighted by atomic mass is 35.5. The molecular weight excluding hydrogens is 455 g/mol. The molecule has 168 valence electrons. The van der Waals surface area contributed by atoms with E-state index in [0.29, 0.717) is 12.2 Å². The second-order valence-electron chi connectivity index (χ2n) is 7.87. The van der Waals surface area contributed by atoms with Crippen molar-refractivity contribution in [3.05, 3.63) is 70.7 Å². The largest absolute Gasteiger partial charge is 0.336 e. The molecule has 0 spiro atoms. The molecule has 0 saturated heterocycles. The highest BCUT2D eigenvalue weighted by Crippen LogP contribution is 2.33. The molecule has 0 unspecified atom stereocenters. The van der Waals surface area contributed by atoms with Crippen LogP contribution in [0.25, 0.3) is 0 Å². The van der Waals surface area contributed by atoms with Gasteiger partial charge in [0.05, 0.1) is 22.3 Å². The van der Waals surface area contributed by atoms with Crippen LogP contribution in [0.15, 0.2) is 60.0 Å². The fourth-order valence-corrected chi connectivity index (χ4v) is 5.38. The minimum absolute atomic E-state index is 0.00790. The van der Waals surface area contributed by atoms with Crippen LogP contribution >= 0.6 is 23.2 Å². The van der Waals surface area contributed by atoms with Crippen LogP contribution < -0.4 is 4.31 Å². The summed E-state index contributed by atoms with van der Waals surface area (Å²) >= 11 is 12.6. The molecule has 2 aromatic rings. The summed E-state index contributed by atoms with van der Waals surface area (Å²) in [4.78, 5) is 14.7. The van der Waals surface area contributed by atoms with Gasteiger partial charge >= 0.3 is 0 Å². The lowest BCUT2D eigenvalue weighted by atomic mass is 10.1. The zero-order chi connectivity index (χ0) is 23.3. The average molecular weight is 483 g/mol. The quantitative estimate of drug-likeness (QED) is 0.419. The third-order valence-electron chi connectivity index (χ3n) is 4.61. The minimum Gasteiger partial charge on any atom is -0.336 e. The Morgan fingerprint density at radius 1 is 1.06 bits per heavy atom. The Bertz CT molecular complexity index is 1050. The van der Waals surface area contributed by atoms with Gasteiger partial charge in [0.1, 0.15) is 4.90 Å². The van der Waals surface area contributed by atoms with E-state index in [1.807, 2.05) is 27.7 Å². The zero-order valence-corrected chi connectivity index (χ0v) is 20.5. The molecule has 0 aromatic heterocycles. The van der Waals surface area contributed by atoms with Gasteiger partial charge in [0.2, 0.25) is 0 Å². The fourth-order valence-electron chi connectivity index (χ4n) is 3.14. The van der Waals surface area contributed by atoms with Crippen LogP contribution in [0.2, 0.25) is 10.0 Å². The third kappa shape index (κ3) is 5.82. The van der Waals surface area contributed by atoms with E-state index < -0.39 is 10.0 Å². The van der Waals surface area contributed by atoms with E-state index >= 15 is 0 Å². The maximum atomic E-state index is 13.6. The summed E-state index contributed by atoms with van der Waals surface area (Å²) in [6.45, 7) is 12.1. The Kier molecular flexibility index (Phi) is 8.57. The van der Waals surface area contributed by atoms with Gasteiger partial charge < -0.3 is 4.90 Å². The van der Waals surface area contributed by atoms with Gasteiger partial charge in [-0.1, -0.05) is 55.3 Å². The normalized spacial score (nSPS) is 11.6. The molecule has 31 heavy (non-hydrogen) atoms. The van der Waals surface area contributed by atoms with E-state index in [0.717, 1.165) is 4.31 Å². The first-order valence-electron chi connectivity index (χ1n) is 9.99. The average Bonchev–Trinajstić information content (AvgIpc) is 2.70. The Labute approximate surface area is 195 Å². The number of hydrogen-bond donors (Lipinski definition) is 0. The van der Waals surface area contributed by atoms with Crippen LogP contribution in [-0.2, 0) is 10.0 Å². The van der Waals surface area contributed by atoms with E-state index in [-0.39, 0.29) is 44.9 Å². The lowest BCUT2D eigenvalue weighted by Gasteiger charge is -2.29. The highest BCUT2D eigenvalue weighted by molar-refractivity contribution is 7.93. The van der Waals surface area contributed by atoms with Crippen LogP contribution in [0, 0.1) is 5.92 Å². The van der Waals surface area contributed by atoms with Crippen LogP contribution in [0.3, 0.4) is 0 Å². The number of benzene rings is 2. The van der Waals surface area contributed by atoms with Gasteiger partial charge in [0.25, 0.3) is 15.9 Å². The lowest BCUT2D eigenvalue weighted by Crippen LogP contribution is -2.39. The lowest BCUT2D eigenvalue weighted by molar-refractivity contribution is 0.0681. The number of anilines is 1. The van der Waals surface area contributed by atoms with Crippen molar-refractivity contribution in [1.82, 2.24) is 4.90 Å². The topological polar surface area (TPSA) is 57.7 Å². The first kappa shape index (κ1) is 25.2. The van der Waals surface area contributed by atoms with Crippen molar-refractivity contribution >= 4 is 44.8 Å². The monoisotopic (exact) mass is 482 g/mol. The SMILES string of the molecule is C=CCN(c1ccccc1Cl)S(=O)(=O)c1cc(C(=O)N(CC(C)C)C(C)C)ccc1Cl. The molecule has 2 rings (SSSR count). The van der Waals surface area contributed by atoms with Gasteiger partial charge in [-0.2, -0.15) is 0 Å². The molecule has 0 radical (unpaired) electrons. The number of carbonyl (C=O) groups excluding carboxylic acids is 1. The fraction of sp³-hybridized carbons (Fsp3) is 0.348. The molecule has 1 amide bonds. The number of sulfonamides is 1. The third-order valence-corrected chi connectivity index (χ3v) is 7.19. The number of nitrogens with zero attached hydrogens (tertiary/aromatic N) is 2. The number of hydrogen-bond acceptors (Lipinski definition) is 3. The molecule has 0 aliphatic carbocycles. The smallest absolute Gasteiger partial charge is 0.266 e. The molecular formula is C23H28Cl2N2O3S. The predicted molar refractivity (Wildman–Crippen MR) is 129 cm³/mol. The van der Waals surface area contributed by atoms with E-state index in [1.54, 1.807) is 35.2 Å². The van der Waals surface area contributed by atoms with Crippen molar-refractivity contribution in [2.45, 2.75) is 38.6 Å². The van der Waals surface area contributed by atoms with E-state index in [4.69, 9.17) is 23.2 Å². The Morgan fingerprint density at radius 2 is 1.71 bits per heavy atom. The number of rotatable bonds is 9. The van der Waals surface area contributed by atoms with E-state index in [2.05, 4.69) is 6.58 Å². The summed E-state index contributed by atoms with van der Waals surface area (Å²) < 4.78 is 28.3. The van der Waals surface area contributed by atoms with Crippen LogP contribution in [0.4, 0.5) is 5.69 Å². The summed E-state index contributed by atoms with van der Waals surface area (Å²) in [5.41, 5.74) is 0.565. The molecule has 2 aromatic carbocycles. The maximum Gasteiger partial charge on any atom is 0.266 e. The van der Waals surface area contributed by atoms with Gasteiger partial charge in [0, 0.05) is 18.2 Å². The molecule has 0 bridgehead atoms. The summed E-state index contributed by atoms with van der Waals surface area (Å²) in [6, 6.07) is 10.9. The van der Waals surface area contributed by atoms with E-state index in [1.165, 1.54) is 18.2 Å². The van der Waals surface area contributed by atoms with Gasteiger partial charge in [0.15, 0.2) is 0 Å². The number of para-hydroxylation sites is 1. The van der Waals surface area contributed by atoms with Crippen LogP contribution in [0.1, 0.15) is 38.1 Å². The van der Waals surface area contributed by atoms with Crippen molar-refractivity contribution in [3.8, 4) is 0 Å². The number of carbonyl (C=O) groups is 1. The Balaban J connectivity index is 2.58. The van der Waals surface area contributed by atoms with Crippen LogP contribution in [0.5, 0.6) is 0 Å². The van der Waals surface area contributed by atoms with E-state index in [9.17, 15) is 13.2 Å². The maximum absolute atomic E-state index is 13.6. The van der Waals surface area contributed by atoms with Crippen molar-refractivity contribution < 1.29 is 13.2 Å². The Hall–Kier alpha value is -2.02. The number of halogens is 2. The zero-order valence-electron chi connectivity index (χ0n) is 18.2. The molecule has 8 heteroatoms. The molecule has 0 heterocycles. The molecule has 0 N–H and O–H groups in total. The standard InChI is InChI=1S/C23H28Cl2N2O3S/c1-6-13-27(21-10-8-7-9-19(21)24)31(29,30)22-14-18(11-12-20(22)25)23(28)26(17(4)5)15-16(2)3/h6-12,14,16-17H,1,13,15H2,2-5H3. The van der Waals surface area contributed by atoms with Crippen molar-refractivity contribution in [2.75, 3.05) is 17.4 Å². The molecule has 0 aliphatic rings. The molecule has 0 fully saturated rings. The van der Waals surface area contributed by atoms with Crippen molar-refractivity contribution in [1.29, 1.82) is 0 Å². The molecule has 0 saturated carbocycles. The van der Waals surface area contributed by atoms with Gasteiger partial charge in [-0.25, -0.2) is 8.42 Å². The summed E-state index contributed by atoms with van der Waals surface area (Å²) in [5.74, 6) is 0.0231. The van der Waals surface area contributed by atoms with Crippen molar-refractivity contribution in [3.63, 3.8) is 0 Å². The van der Waals surface area contributed by atoms with Crippen LogP contribution in [-0.4, -0.2) is 38.4 Å². The summed E-state index contributed by atoms with van der Waals surface area (Å²) in [6.07, 6.45) is 1.47. The summed E-state index contributed by atoms with van der Waals surface area (Å²) in [5, 5.41) is 0.303. The van der Waals surface area contributed by atoms with Gasteiger partial charge in [-0.3, -0.25) is 9.10 Å². The molecule has 0 atom stereocenters. The highest BCUT2D eigenvalue weighted by Gasteiger charge is 2.30. The molecule has 5 nitrogen and oxygen atoms in total. The first-order chi connectivity index (χ1) is 14.5. The minimum atomic E-state index is -4.12. The molecule has 0 aliphatic heterocycles. The Morgan fingerprint density at radius 3 is 2.26 bits per heavy atom. The second kappa shape index (κ2) is 10.5. The van der Waals surface area contributed by atoms with Gasteiger partial charge in [-0.15, -0.1) is 6.58 Å².